The average Bonchev–Trinajstić information content (AvgIpc) is 2.96. The Morgan fingerprint density at radius 3 is 2.77 bits per heavy atom. The quantitative estimate of drug-likeness (QED) is 0.766. The number of amides is 2. The summed E-state index contributed by atoms with van der Waals surface area (Å²) in [7, 11) is 0. The lowest BCUT2D eigenvalue weighted by Crippen LogP contribution is -2.19. The SMILES string of the molecule is CCOC(=O)c1cccc(NC(=O)Nc2nc3c(s2)CCCCCC3)c1. The van der Waals surface area contributed by atoms with Gasteiger partial charge in [0.15, 0.2) is 5.13 Å². The Morgan fingerprint density at radius 1 is 1.15 bits per heavy atom. The number of hydrogen-bond acceptors (Lipinski definition) is 5. The average molecular weight is 373 g/mol. The lowest BCUT2D eigenvalue weighted by atomic mass is 10.0. The number of aryl methyl sites for hydroxylation is 2. The number of benzene rings is 1. The van der Waals surface area contributed by atoms with Gasteiger partial charge in [0, 0.05) is 10.6 Å². The first-order chi connectivity index (χ1) is 12.7. The Hall–Kier alpha value is -2.41. The minimum absolute atomic E-state index is 0.311. The molecule has 26 heavy (non-hydrogen) atoms. The van der Waals surface area contributed by atoms with Crippen LogP contribution in [-0.4, -0.2) is 23.6 Å². The van der Waals surface area contributed by atoms with Gasteiger partial charge in [0.1, 0.15) is 0 Å². The molecule has 0 spiro atoms. The number of ether oxygens (including phenoxy) is 1. The molecule has 0 radical (unpaired) electrons. The fraction of sp³-hybridized carbons (Fsp3) is 0.421. The summed E-state index contributed by atoms with van der Waals surface area (Å²) in [6.07, 6.45) is 6.87. The summed E-state index contributed by atoms with van der Waals surface area (Å²) in [4.78, 5) is 29.9. The molecule has 1 aliphatic carbocycles. The number of thiazole rings is 1. The maximum atomic E-state index is 12.3. The second kappa shape index (κ2) is 8.80. The summed E-state index contributed by atoms with van der Waals surface area (Å²) in [6, 6.07) is 6.31. The number of carbonyl (C=O) groups excluding carboxylic acids is 2. The Balaban J connectivity index is 1.63. The van der Waals surface area contributed by atoms with Crippen LogP contribution in [0, 0.1) is 0 Å². The van der Waals surface area contributed by atoms with Gasteiger partial charge in [0.2, 0.25) is 0 Å². The van der Waals surface area contributed by atoms with Crippen molar-refractivity contribution in [1.29, 1.82) is 0 Å². The number of rotatable bonds is 4. The minimum atomic E-state index is -0.406. The summed E-state index contributed by atoms with van der Waals surface area (Å²) in [5, 5.41) is 6.17. The molecule has 1 heterocycles. The van der Waals surface area contributed by atoms with Crippen molar-refractivity contribution < 1.29 is 14.3 Å². The molecule has 0 saturated carbocycles. The third kappa shape index (κ3) is 4.82. The molecule has 7 heteroatoms. The molecule has 138 valence electrons. The van der Waals surface area contributed by atoms with Crippen LogP contribution in [0.1, 0.15) is 53.5 Å². The number of nitrogens with zero attached hydrogens (tertiary/aromatic N) is 1. The molecule has 1 aliphatic rings. The predicted molar refractivity (Wildman–Crippen MR) is 103 cm³/mol. The summed E-state index contributed by atoms with van der Waals surface area (Å²) < 4.78 is 4.97. The topological polar surface area (TPSA) is 80.3 Å². The molecule has 1 aromatic heterocycles. The normalized spacial score (nSPS) is 13.9. The van der Waals surface area contributed by atoms with Crippen molar-refractivity contribution in [3.05, 3.63) is 40.4 Å². The molecule has 0 saturated heterocycles. The van der Waals surface area contributed by atoms with Crippen LogP contribution in [0.2, 0.25) is 0 Å². The van der Waals surface area contributed by atoms with Gasteiger partial charge in [0.25, 0.3) is 0 Å². The zero-order valence-corrected chi connectivity index (χ0v) is 15.7. The highest BCUT2D eigenvalue weighted by atomic mass is 32.1. The molecule has 6 nitrogen and oxygen atoms in total. The first-order valence-electron chi connectivity index (χ1n) is 8.99. The monoisotopic (exact) mass is 373 g/mol. The third-order valence-electron chi connectivity index (χ3n) is 4.20. The van der Waals surface area contributed by atoms with Gasteiger partial charge in [-0.25, -0.2) is 14.6 Å². The second-order valence-electron chi connectivity index (χ2n) is 6.18. The Morgan fingerprint density at radius 2 is 1.96 bits per heavy atom. The number of esters is 1. The van der Waals surface area contributed by atoms with E-state index in [0.29, 0.717) is 23.0 Å². The van der Waals surface area contributed by atoms with E-state index in [1.165, 1.54) is 24.1 Å². The van der Waals surface area contributed by atoms with Crippen LogP contribution in [0.5, 0.6) is 0 Å². The molecule has 0 aliphatic heterocycles. The van der Waals surface area contributed by atoms with E-state index in [4.69, 9.17) is 4.74 Å². The highest BCUT2D eigenvalue weighted by Gasteiger charge is 2.15. The number of nitrogens with one attached hydrogen (secondary N) is 2. The fourth-order valence-corrected chi connectivity index (χ4v) is 4.00. The molecule has 0 atom stereocenters. The highest BCUT2D eigenvalue weighted by molar-refractivity contribution is 7.15. The molecule has 0 unspecified atom stereocenters. The van der Waals surface area contributed by atoms with Crippen molar-refractivity contribution in [2.24, 2.45) is 0 Å². The lowest BCUT2D eigenvalue weighted by molar-refractivity contribution is 0.0526. The van der Waals surface area contributed by atoms with Crippen LogP contribution < -0.4 is 10.6 Å². The van der Waals surface area contributed by atoms with Gasteiger partial charge in [0.05, 0.1) is 17.9 Å². The minimum Gasteiger partial charge on any atom is -0.462 e. The van der Waals surface area contributed by atoms with Gasteiger partial charge in [-0.05, 0) is 50.8 Å². The van der Waals surface area contributed by atoms with Crippen molar-refractivity contribution in [2.45, 2.75) is 45.4 Å². The van der Waals surface area contributed by atoms with E-state index in [9.17, 15) is 9.59 Å². The van der Waals surface area contributed by atoms with Gasteiger partial charge in [-0.15, -0.1) is 11.3 Å². The molecule has 0 bridgehead atoms. The number of urea groups is 1. The van der Waals surface area contributed by atoms with Crippen LogP contribution in [0.3, 0.4) is 0 Å². The first kappa shape index (κ1) is 18.4. The highest BCUT2D eigenvalue weighted by Crippen LogP contribution is 2.28. The number of carbonyl (C=O) groups is 2. The molecule has 2 N–H and O–H groups in total. The fourth-order valence-electron chi connectivity index (χ4n) is 2.96. The van der Waals surface area contributed by atoms with Gasteiger partial charge < -0.3 is 10.1 Å². The van der Waals surface area contributed by atoms with E-state index in [-0.39, 0.29) is 6.03 Å². The summed E-state index contributed by atoms with van der Waals surface area (Å²) >= 11 is 1.55. The summed E-state index contributed by atoms with van der Waals surface area (Å²) in [5.41, 5.74) is 2.05. The number of fused-ring (bicyclic) bond motifs is 1. The maximum Gasteiger partial charge on any atom is 0.338 e. The van der Waals surface area contributed by atoms with Gasteiger partial charge in [-0.1, -0.05) is 18.9 Å². The van der Waals surface area contributed by atoms with Crippen LogP contribution in [0.4, 0.5) is 15.6 Å². The van der Waals surface area contributed by atoms with Crippen LogP contribution in [-0.2, 0) is 17.6 Å². The summed E-state index contributed by atoms with van der Waals surface area (Å²) in [5.74, 6) is -0.406. The lowest BCUT2D eigenvalue weighted by Gasteiger charge is -2.07. The Labute approximate surface area is 157 Å². The molecular formula is C19H23N3O3S. The van der Waals surface area contributed by atoms with Gasteiger partial charge >= 0.3 is 12.0 Å². The van der Waals surface area contributed by atoms with Crippen molar-refractivity contribution in [1.82, 2.24) is 4.98 Å². The Bertz CT molecular complexity index is 763. The molecule has 3 rings (SSSR count). The summed E-state index contributed by atoms with van der Waals surface area (Å²) in [6.45, 7) is 2.07. The van der Waals surface area contributed by atoms with E-state index in [1.54, 1.807) is 42.5 Å². The van der Waals surface area contributed by atoms with Crippen molar-refractivity contribution in [3.63, 3.8) is 0 Å². The first-order valence-corrected chi connectivity index (χ1v) is 9.81. The zero-order valence-electron chi connectivity index (χ0n) is 14.8. The Kier molecular flexibility index (Phi) is 6.22. The third-order valence-corrected chi connectivity index (χ3v) is 5.27. The molecule has 1 aromatic carbocycles. The van der Waals surface area contributed by atoms with Crippen molar-refractivity contribution in [3.8, 4) is 0 Å². The molecule has 2 aromatic rings. The van der Waals surface area contributed by atoms with Crippen molar-refractivity contribution in [2.75, 3.05) is 17.2 Å². The van der Waals surface area contributed by atoms with E-state index in [0.717, 1.165) is 25.0 Å². The van der Waals surface area contributed by atoms with Crippen LogP contribution >= 0.6 is 11.3 Å². The van der Waals surface area contributed by atoms with E-state index >= 15 is 0 Å². The zero-order chi connectivity index (χ0) is 18.4. The van der Waals surface area contributed by atoms with Crippen LogP contribution in [0.15, 0.2) is 24.3 Å². The van der Waals surface area contributed by atoms with Crippen LogP contribution in [0.25, 0.3) is 0 Å². The largest absolute Gasteiger partial charge is 0.462 e. The van der Waals surface area contributed by atoms with E-state index in [1.807, 2.05) is 0 Å². The van der Waals surface area contributed by atoms with Crippen molar-refractivity contribution >= 4 is 34.2 Å². The molecular weight excluding hydrogens is 350 g/mol. The molecule has 0 fully saturated rings. The van der Waals surface area contributed by atoms with Gasteiger partial charge in [-0.3, -0.25) is 5.32 Å². The predicted octanol–water partition coefficient (Wildman–Crippen LogP) is 4.62. The van der Waals surface area contributed by atoms with E-state index < -0.39 is 5.97 Å². The molecule has 2 amide bonds. The smallest absolute Gasteiger partial charge is 0.338 e. The maximum absolute atomic E-state index is 12.3. The number of aromatic nitrogens is 1. The van der Waals surface area contributed by atoms with E-state index in [2.05, 4.69) is 15.6 Å². The second-order valence-corrected chi connectivity index (χ2v) is 7.27. The number of hydrogen-bond donors (Lipinski definition) is 2. The standard InChI is InChI=1S/C19H23N3O3S/c1-2-25-17(23)13-8-7-9-14(12-13)20-18(24)22-19-21-15-10-5-3-4-6-11-16(15)26-19/h7-9,12H,2-6,10-11H2,1H3,(H2,20,21,22,24). The van der Waals surface area contributed by atoms with Gasteiger partial charge in [-0.2, -0.15) is 0 Å². The number of anilines is 2.